The second-order valence-corrected chi connectivity index (χ2v) is 8.68. The molecule has 0 saturated heterocycles. The van der Waals surface area contributed by atoms with Crippen LogP contribution in [0.15, 0.2) is 97.1 Å². The second-order valence-electron chi connectivity index (χ2n) is 8.68. The predicted molar refractivity (Wildman–Crippen MR) is 132 cm³/mol. The fraction of sp³-hybridized carbons (Fsp3) is 0. The van der Waals surface area contributed by atoms with Crippen LogP contribution in [0.4, 0.5) is 0 Å². The molecule has 0 unspecified atom stereocenters. The molecule has 0 spiro atoms. The van der Waals surface area contributed by atoms with Gasteiger partial charge in [0.25, 0.3) is 0 Å². The molecule has 2 aliphatic rings. The van der Waals surface area contributed by atoms with E-state index in [4.69, 9.17) is 0 Å². The third-order valence-electron chi connectivity index (χ3n) is 7.09. The van der Waals surface area contributed by atoms with Gasteiger partial charge in [-0.2, -0.15) is 0 Å². The molecular weight excluding hydrogens is 388 g/mol. The van der Waals surface area contributed by atoms with E-state index in [9.17, 15) is 0 Å². The van der Waals surface area contributed by atoms with Crippen LogP contribution < -0.4 is 0 Å². The molecule has 2 heterocycles. The van der Waals surface area contributed by atoms with E-state index in [1.807, 2.05) is 0 Å². The van der Waals surface area contributed by atoms with Crippen molar-refractivity contribution in [1.29, 1.82) is 0 Å². The summed E-state index contributed by atoms with van der Waals surface area (Å²) in [6.07, 6.45) is 0. The molecule has 2 heteroatoms. The van der Waals surface area contributed by atoms with Crippen molar-refractivity contribution in [3.05, 3.63) is 119 Å². The number of H-pyrrole nitrogens is 2. The average Bonchev–Trinajstić information content (AvgIpc) is 3.56. The van der Waals surface area contributed by atoms with Crippen molar-refractivity contribution < 1.29 is 0 Å². The molecule has 4 aromatic carbocycles. The van der Waals surface area contributed by atoms with Crippen molar-refractivity contribution in [3.63, 3.8) is 0 Å². The number of hydrogen-bond acceptors (Lipinski definition) is 0. The zero-order valence-electron chi connectivity index (χ0n) is 17.2. The highest BCUT2D eigenvalue weighted by Gasteiger charge is 2.36. The Bertz CT molecular complexity index is 1640. The van der Waals surface area contributed by atoms with Gasteiger partial charge in [-0.3, -0.25) is 0 Å². The Morgan fingerprint density at radius 1 is 0.375 bits per heavy atom. The van der Waals surface area contributed by atoms with Crippen LogP contribution in [-0.2, 0) is 0 Å². The van der Waals surface area contributed by atoms with E-state index in [1.165, 1.54) is 77.7 Å². The lowest BCUT2D eigenvalue weighted by Crippen LogP contribution is -1.91. The van der Waals surface area contributed by atoms with Crippen molar-refractivity contribution in [1.82, 2.24) is 9.97 Å². The number of nitrogens with one attached hydrogen (secondary N) is 2. The summed E-state index contributed by atoms with van der Waals surface area (Å²) in [5.41, 5.74) is 15.3. The van der Waals surface area contributed by atoms with Crippen molar-refractivity contribution >= 4 is 33.0 Å². The van der Waals surface area contributed by atoms with Crippen LogP contribution in [0.25, 0.3) is 55.5 Å². The Morgan fingerprint density at radius 2 is 0.750 bits per heavy atom. The normalized spacial score (nSPS) is 15.8. The van der Waals surface area contributed by atoms with Crippen LogP contribution in [0.1, 0.15) is 22.3 Å². The van der Waals surface area contributed by atoms with Gasteiger partial charge in [-0.25, -0.2) is 0 Å². The van der Waals surface area contributed by atoms with Crippen LogP contribution >= 0.6 is 0 Å². The summed E-state index contributed by atoms with van der Waals surface area (Å²) in [6, 6.07) is 35.0. The van der Waals surface area contributed by atoms with Gasteiger partial charge in [-0.1, -0.05) is 84.9 Å². The topological polar surface area (TPSA) is 31.6 Å². The highest BCUT2D eigenvalue weighted by Crippen LogP contribution is 2.56. The summed E-state index contributed by atoms with van der Waals surface area (Å²) in [7, 11) is 0. The number of rotatable bonds is 0. The maximum Gasteiger partial charge on any atom is 0.0551 e. The van der Waals surface area contributed by atoms with E-state index >= 15 is 0 Å². The summed E-state index contributed by atoms with van der Waals surface area (Å²) in [4.78, 5) is 7.45. The molecule has 6 aromatic rings. The third-order valence-corrected chi connectivity index (χ3v) is 7.09. The molecule has 0 bridgehead atoms. The fourth-order valence-electron chi connectivity index (χ4n) is 5.83. The summed E-state index contributed by atoms with van der Waals surface area (Å²) in [6.45, 7) is 0. The molecule has 8 rings (SSSR count). The van der Waals surface area contributed by atoms with E-state index in [0.29, 0.717) is 0 Å². The Hall–Kier alpha value is -4.30. The molecule has 2 nitrogen and oxygen atoms in total. The first-order valence-electron chi connectivity index (χ1n) is 11.1. The fourth-order valence-corrected chi connectivity index (χ4v) is 5.83. The quantitative estimate of drug-likeness (QED) is 0.260. The molecule has 2 aromatic heterocycles. The molecule has 32 heavy (non-hydrogen) atoms. The highest BCUT2D eigenvalue weighted by atomic mass is 14.8. The van der Waals surface area contributed by atoms with Gasteiger partial charge >= 0.3 is 0 Å². The molecule has 2 N–H and O–H groups in total. The molecule has 0 saturated carbocycles. The summed E-state index contributed by atoms with van der Waals surface area (Å²) in [5.74, 6) is 0. The van der Waals surface area contributed by atoms with Crippen LogP contribution in [0.5, 0.6) is 0 Å². The molecule has 0 atom stereocenters. The Balaban J connectivity index is 1.63. The lowest BCUT2D eigenvalue weighted by atomic mass is 9.90. The molecule has 0 radical (unpaired) electrons. The summed E-state index contributed by atoms with van der Waals surface area (Å²) in [5, 5.41) is 2.57. The van der Waals surface area contributed by atoms with Gasteiger partial charge in [0.05, 0.1) is 11.4 Å². The Morgan fingerprint density at radius 3 is 1.22 bits per heavy atom. The first-order valence-corrected chi connectivity index (χ1v) is 11.1. The lowest BCUT2D eigenvalue weighted by molar-refractivity contribution is 1.46. The summed E-state index contributed by atoms with van der Waals surface area (Å²) < 4.78 is 0. The molecule has 0 fully saturated rings. The average molecular weight is 406 g/mol. The van der Waals surface area contributed by atoms with Gasteiger partial charge in [0.2, 0.25) is 0 Å². The van der Waals surface area contributed by atoms with Gasteiger partial charge in [-0.05, 0) is 23.3 Å². The first-order chi connectivity index (χ1) is 15.9. The first kappa shape index (κ1) is 16.4. The summed E-state index contributed by atoms with van der Waals surface area (Å²) >= 11 is 0. The number of fused-ring (bicyclic) bond motifs is 10. The second kappa shape index (κ2) is 5.68. The van der Waals surface area contributed by atoms with Crippen LogP contribution in [0, 0.1) is 0 Å². The Kier molecular flexibility index (Phi) is 2.91. The number of aromatic amines is 2. The van der Waals surface area contributed by atoms with Gasteiger partial charge in [0.1, 0.15) is 0 Å². The van der Waals surface area contributed by atoms with Gasteiger partial charge in [0, 0.05) is 55.2 Å². The van der Waals surface area contributed by atoms with Crippen LogP contribution in [0.2, 0.25) is 0 Å². The zero-order chi connectivity index (χ0) is 20.8. The highest BCUT2D eigenvalue weighted by molar-refractivity contribution is 6.25. The number of aromatic nitrogens is 2. The molecular formula is C30H18N2. The van der Waals surface area contributed by atoms with Gasteiger partial charge in [0.15, 0.2) is 0 Å². The Labute approximate surface area is 184 Å². The van der Waals surface area contributed by atoms with Crippen molar-refractivity contribution in [2.24, 2.45) is 0 Å². The minimum atomic E-state index is 1.19. The predicted octanol–water partition coefficient (Wildman–Crippen LogP) is 7.62. The maximum atomic E-state index is 3.72. The van der Waals surface area contributed by atoms with Crippen molar-refractivity contribution in [3.8, 4) is 22.5 Å². The minimum Gasteiger partial charge on any atom is -0.354 e. The van der Waals surface area contributed by atoms with E-state index in [1.54, 1.807) is 0 Å². The molecule has 148 valence electrons. The van der Waals surface area contributed by atoms with Crippen molar-refractivity contribution in [2.75, 3.05) is 0 Å². The van der Waals surface area contributed by atoms with E-state index in [2.05, 4.69) is 107 Å². The van der Waals surface area contributed by atoms with Gasteiger partial charge < -0.3 is 9.97 Å². The third kappa shape index (κ3) is 1.86. The lowest BCUT2D eigenvalue weighted by Gasteiger charge is -2.12. The molecule has 0 aliphatic heterocycles. The minimum absolute atomic E-state index is 1.19. The smallest absolute Gasteiger partial charge is 0.0551 e. The van der Waals surface area contributed by atoms with E-state index in [0.717, 1.165) is 0 Å². The van der Waals surface area contributed by atoms with Gasteiger partial charge in [-0.15, -0.1) is 0 Å². The number of para-hydroxylation sites is 2. The number of benzene rings is 4. The molecule has 2 aliphatic carbocycles. The SMILES string of the molecule is c1ccc2c(c1)/C(=C1/c3ccccc3-c3[nH]c4ccccc4c31)c1c-2[nH]c2ccccc12. The number of hydrogen-bond donors (Lipinski definition) is 2. The van der Waals surface area contributed by atoms with Crippen LogP contribution in [-0.4, -0.2) is 9.97 Å². The van der Waals surface area contributed by atoms with Crippen molar-refractivity contribution in [2.45, 2.75) is 0 Å². The maximum absolute atomic E-state index is 3.72. The standard InChI is InChI=1S/C30H18N2/c1-3-11-19-17(9-1)25(27-21-13-5-7-15-23(21)31-29(19)27)26-18-10-2-4-12-20(18)30-28(26)22-14-6-8-16-24(22)32-30/h1-16,31-32H/b26-25+. The monoisotopic (exact) mass is 406 g/mol. The van der Waals surface area contributed by atoms with E-state index < -0.39 is 0 Å². The van der Waals surface area contributed by atoms with E-state index in [-0.39, 0.29) is 0 Å². The van der Waals surface area contributed by atoms with Crippen LogP contribution in [0.3, 0.4) is 0 Å². The largest absolute Gasteiger partial charge is 0.354 e. The zero-order valence-corrected chi connectivity index (χ0v) is 17.2. The molecule has 0 amide bonds.